The minimum absolute atomic E-state index is 0.0412. The number of pyridine rings is 1. The molecule has 2 fully saturated rings. The van der Waals surface area contributed by atoms with Gasteiger partial charge >= 0.3 is 0 Å². The molecule has 1 spiro atoms. The van der Waals surface area contributed by atoms with Crippen molar-refractivity contribution in [2.75, 3.05) is 13.1 Å². The van der Waals surface area contributed by atoms with Crippen molar-refractivity contribution in [3.05, 3.63) is 46.5 Å². The lowest BCUT2D eigenvalue weighted by atomic mass is 9.85. The Morgan fingerprint density at radius 1 is 1.25 bits per heavy atom. The van der Waals surface area contributed by atoms with Gasteiger partial charge < -0.3 is 4.90 Å². The van der Waals surface area contributed by atoms with Gasteiger partial charge in [0, 0.05) is 31.9 Å². The average Bonchev–Trinajstić information content (AvgIpc) is 3.11. The zero-order valence-corrected chi connectivity index (χ0v) is 12.7. The molecule has 24 heavy (non-hydrogen) atoms. The lowest BCUT2D eigenvalue weighted by molar-refractivity contribution is -0.128. The molecule has 0 aliphatic carbocycles. The summed E-state index contributed by atoms with van der Waals surface area (Å²) in [5, 5.41) is 2.29. The van der Waals surface area contributed by atoms with Crippen LogP contribution in [0.1, 0.15) is 23.2 Å². The first-order valence-corrected chi connectivity index (χ1v) is 7.60. The highest BCUT2D eigenvalue weighted by molar-refractivity contribution is 6.06. The van der Waals surface area contributed by atoms with Crippen LogP contribution in [-0.2, 0) is 9.59 Å². The Labute approximate surface area is 136 Å². The summed E-state index contributed by atoms with van der Waals surface area (Å²) in [6.45, 7) is 0.469. The largest absolute Gasteiger partial charge is 0.337 e. The minimum atomic E-state index is -0.854. The fourth-order valence-corrected chi connectivity index (χ4v) is 3.41. The van der Waals surface area contributed by atoms with Gasteiger partial charge in [0.1, 0.15) is 11.2 Å². The van der Waals surface area contributed by atoms with Gasteiger partial charge in [-0.25, -0.2) is 4.98 Å². The zero-order chi connectivity index (χ0) is 16.9. The molecule has 2 aliphatic heterocycles. The molecule has 2 aromatic rings. The quantitative estimate of drug-likeness (QED) is 0.717. The third-order valence-electron chi connectivity index (χ3n) is 4.72. The monoisotopic (exact) mass is 326 g/mol. The summed E-state index contributed by atoms with van der Waals surface area (Å²) < 4.78 is 1.31. The molecule has 1 N–H and O–H groups in total. The molecule has 8 heteroatoms. The Morgan fingerprint density at radius 3 is 2.83 bits per heavy atom. The van der Waals surface area contributed by atoms with E-state index in [1.54, 1.807) is 24.4 Å². The van der Waals surface area contributed by atoms with E-state index < -0.39 is 16.9 Å². The first-order chi connectivity index (χ1) is 11.5. The molecule has 122 valence electrons. The minimum Gasteiger partial charge on any atom is -0.337 e. The zero-order valence-electron chi connectivity index (χ0n) is 12.7. The van der Waals surface area contributed by atoms with Gasteiger partial charge in [-0.3, -0.25) is 28.9 Å². The lowest BCUT2D eigenvalue weighted by Crippen LogP contribution is -2.38. The topological polar surface area (TPSA) is 101 Å². The molecule has 8 nitrogen and oxygen atoms in total. The number of nitrogens with one attached hydrogen (secondary N) is 1. The van der Waals surface area contributed by atoms with Crippen molar-refractivity contribution in [2.45, 2.75) is 12.8 Å². The van der Waals surface area contributed by atoms with E-state index in [4.69, 9.17) is 0 Å². The van der Waals surface area contributed by atoms with Crippen molar-refractivity contribution in [1.29, 1.82) is 0 Å². The van der Waals surface area contributed by atoms with Crippen molar-refractivity contribution >= 4 is 23.4 Å². The fraction of sp³-hybridized carbons (Fsp3) is 0.312. The van der Waals surface area contributed by atoms with E-state index in [0.29, 0.717) is 18.6 Å². The number of carbonyl (C=O) groups is 3. The van der Waals surface area contributed by atoms with Gasteiger partial charge in [0.2, 0.25) is 11.8 Å². The predicted octanol–water partition coefficient (Wildman–Crippen LogP) is -0.427. The van der Waals surface area contributed by atoms with E-state index in [9.17, 15) is 19.2 Å². The molecule has 0 aromatic carbocycles. The second-order valence-electron chi connectivity index (χ2n) is 6.22. The third kappa shape index (κ3) is 2.03. The third-order valence-corrected chi connectivity index (χ3v) is 4.72. The number of hydrogen-bond donors (Lipinski definition) is 1. The highest BCUT2D eigenvalue weighted by Crippen LogP contribution is 2.37. The van der Waals surface area contributed by atoms with Crippen LogP contribution in [0.5, 0.6) is 0 Å². The molecular weight excluding hydrogens is 312 g/mol. The van der Waals surface area contributed by atoms with E-state index in [-0.39, 0.29) is 30.3 Å². The fourth-order valence-electron chi connectivity index (χ4n) is 3.41. The maximum Gasteiger partial charge on any atom is 0.270 e. The molecule has 2 aliphatic rings. The van der Waals surface area contributed by atoms with Crippen molar-refractivity contribution < 1.29 is 14.4 Å². The van der Waals surface area contributed by atoms with Gasteiger partial charge in [-0.05, 0) is 18.6 Å². The van der Waals surface area contributed by atoms with Crippen molar-refractivity contribution in [3.63, 3.8) is 0 Å². The number of hydrogen-bond acceptors (Lipinski definition) is 5. The van der Waals surface area contributed by atoms with E-state index in [1.807, 2.05) is 0 Å². The standard InChI is InChI=1S/C16H14N4O4/c21-12-7-16(15(24)18-12)4-6-19(9-16)13(22)10-8-17-11-3-1-2-5-20(11)14(10)23/h1-3,5,8H,4,6-7,9H2,(H,18,21,24)/t16-/m0/s1. The number of nitrogens with zero attached hydrogens (tertiary/aromatic N) is 3. The van der Waals surface area contributed by atoms with Gasteiger partial charge in [-0.15, -0.1) is 0 Å². The Hall–Kier alpha value is -3.03. The van der Waals surface area contributed by atoms with Crippen molar-refractivity contribution in [1.82, 2.24) is 19.6 Å². The molecule has 1 atom stereocenters. The van der Waals surface area contributed by atoms with E-state index in [1.165, 1.54) is 15.5 Å². The summed E-state index contributed by atoms with van der Waals surface area (Å²) in [7, 11) is 0. The van der Waals surface area contributed by atoms with Gasteiger partial charge in [-0.1, -0.05) is 6.07 Å². The smallest absolute Gasteiger partial charge is 0.270 e. The lowest BCUT2D eigenvalue weighted by Gasteiger charge is -2.20. The maximum atomic E-state index is 12.7. The second kappa shape index (κ2) is 4.98. The van der Waals surface area contributed by atoms with Crippen LogP contribution in [-0.4, -0.2) is 45.1 Å². The van der Waals surface area contributed by atoms with Crippen LogP contribution >= 0.6 is 0 Å². The summed E-state index contributed by atoms with van der Waals surface area (Å²) in [6.07, 6.45) is 3.32. The summed E-state index contributed by atoms with van der Waals surface area (Å²) in [5.41, 5.74) is -0.885. The second-order valence-corrected chi connectivity index (χ2v) is 6.22. The maximum absolute atomic E-state index is 12.7. The van der Waals surface area contributed by atoms with Gasteiger partial charge in [0.05, 0.1) is 5.41 Å². The first kappa shape index (κ1) is 14.6. The number of rotatable bonds is 1. The van der Waals surface area contributed by atoms with E-state index >= 15 is 0 Å². The van der Waals surface area contributed by atoms with Crippen LogP contribution in [0.3, 0.4) is 0 Å². The SMILES string of the molecule is O=C1C[C@]2(CCN(C(=O)c3cnc4ccccn4c3=O)C2)C(=O)N1. The van der Waals surface area contributed by atoms with Crippen LogP contribution < -0.4 is 10.9 Å². The molecule has 4 rings (SSSR count). The number of fused-ring (bicyclic) bond motifs is 1. The molecule has 4 heterocycles. The molecule has 0 unspecified atom stereocenters. The Balaban J connectivity index is 1.66. The molecule has 2 aromatic heterocycles. The summed E-state index contributed by atoms with van der Waals surface area (Å²) >= 11 is 0. The van der Waals surface area contributed by atoms with Crippen LogP contribution in [0, 0.1) is 5.41 Å². The summed E-state index contributed by atoms with van der Waals surface area (Å²) in [4.78, 5) is 54.2. The van der Waals surface area contributed by atoms with E-state index in [0.717, 1.165) is 0 Å². The van der Waals surface area contributed by atoms with Gasteiger partial charge in [0.15, 0.2) is 0 Å². The molecule has 0 radical (unpaired) electrons. The van der Waals surface area contributed by atoms with Crippen molar-refractivity contribution in [2.24, 2.45) is 5.41 Å². The number of amides is 3. The number of carbonyl (C=O) groups excluding carboxylic acids is 3. The molecule has 0 saturated carbocycles. The van der Waals surface area contributed by atoms with Gasteiger partial charge in [0.25, 0.3) is 11.5 Å². The van der Waals surface area contributed by atoms with Crippen molar-refractivity contribution in [3.8, 4) is 0 Å². The number of imide groups is 1. The molecular formula is C16H14N4O4. The molecule has 2 saturated heterocycles. The Morgan fingerprint density at radius 2 is 2.08 bits per heavy atom. The Kier molecular flexibility index (Phi) is 3.02. The van der Waals surface area contributed by atoms with Crippen LogP contribution in [0.25, 0.3) is 5.65 Å². The highest BCUT2D eigenvalue weighted by Gasteiger charge is 2.52. The van der Waals surface area contributed by atoms with Crippen LogP contribution in [0.2, 0.25) is 0 Å². The normalized spacial score (nSPS) is 23.2. The molecule has 3 amide bonds. The number of likely N-dealkylation sites (tertiary alicyclic amines) is 1. The summed E-state index contributed by atoms with van der Waals surface area (Å²) in [5.74, 6) is -1.12. The summed E-state index contributed by atoms with van der Waals surface area (Å²) in [6, 6.07) is 5.11. The Bertz CT molecular complexity index is 950. The predicted molar refractivity (Wildman–Crippen MR) is 82.2 cm³/mol. The number of aromatic nitrogens is 2. The van der Waals surface area contributed by atoms with E-state index in [2.05, 4.69) is 10.3 Å². The van der Waals surface area contributed by atoms with Gasteiger partial charge in [-0.2, -0.15) is 0 Å². The van der Waals surface area contributed by atoms with Crippen LogP contribution in [0.4, 0.5) is 0 Å². The average molecular weight is 326 g/mol. The van der Waals surface area contributed by atoms with Crippen LogP contribution in [0.15, 0.2) is 35.4 Å². The molecule has 0 bridgehead atoms. The first-order valence-electron chi connectivity index (χ1n) is 7.60. The highest BCUT2D eigenvalue weighted by atomic mass is 16.2.